The molecule has 9 heteroatoms. The van der Waals surface area contributed by atoms with Gasteiger partial charge >= 0.3 is 0 Å². The molecule has 0 bridgehead atoms. The van der Waals surface area contributed by atoms with E-state index in [1.807, 2.05) is 54.6 Å². The molecule has 2 aromatic carbocycles. The molecule has 0 unspecified atom stereocenters. The van der Waals surface area contributed by atoms with E-state index in [4.69, 9.17) is 9.57 Å². The fourth-order valence-corrected chi connectivity index (χ4v) is 3.77. The van der Waals surface area contributed by atoms with Crippen LogP contribution in [0.4, 0.5) is 0 Å². The lowest BCUT2D eigenvalue weighted by Gasteiger charge is -2.32. The SMILES string of the molecule is CON=Cc1ccccc1OC1CCN(C(=O)CNC(=O)c2cc(-c3ccccc3)[nH]n2)CC1. The number of oxime groups is 1. The highest BCUT2D eigenvalue weighted by Gasteiger charge is 2.25. The average Bonchev–Trinajstić information content (AvgIpc) is 3.38. The third kappa shape index (κ3) is 5.80. The Bertz CT molecular complexity index is 1140. The number of H-pyrrole nitrogens is 1. The van der Waals surface area contributed by atoms with E-state index in [-0.39, 0.29) is 30.2 Å². The number of nitrogens with zero attached hydrogens (tertiary/aromatic N) is 3. The Kier molecular flexibility index (Phi) is 7.54. The Labute approximate surface area is 197 Å². The molecule has 1 aliphatic heterocycles. The number of benzene rings is 2. The summed E-state index contributed by atoms with van der Waals surface area (Å²) in [6.45, 7) is 1.05. The third-order valence-electron chi connectivity index (χ3n) is 5.60. The summed E-state index contributed by atoms with van der Waals surface area (Å²) < 4.78 is 6.14. The maximum absolute atomic E-state index is 12.6. The molecule has 1 aliphatic rings. The predicted octanol–water partition coefficient (Wildman–Crippen LogP) is 2.86. The first kappa shape index (κ1) is 23.0. The lowest BCUT2D eigenvalue weighted by molar-refractivity contribution is -0.131. The first-order valence-electron chi connectivity index (χ1n) is 11.1. The van der Waals surface area contributed by atoms with Crippen molar-refractivity contribution in [2.24, 2.45) is 5.16 Å². The molecule has 2 amide bonds. The van der Waals surface area contributed by atoms with Crippen LogP contribution >= 0.6 is 0 Å². The molecular weight excluding hydrogens is 434 g/mol. The largest absolute Gasteiger partial charge is 0.490 e. The lowest BCUT2D eigenvalue weighted by atomic mass is 10.1. The van der Waals surface area contributed by atoms with Crippen molar-refractivity contribution in [1.82, 2.24) is 20.4 Å². The van der Waals surface area contributed by atoms with Gasteiger partial charge in [0.1, 0.15) is 19.0 Å². The van der Waals surface area contributed by atoms with Crippen LogP contribution in [0.25, 0.3) is 11.3 Å². The van der Waals surface area contributed by atoms with E-state index in [0.29, 0.717) is 25.9 Å². The van der Waals surface area contributed by atoms with E-state index in [1.54, 1.807) is 17.2 Å². The third-order valence-corrected chi connectivity index (χ3v) is 5.60. The van der Waals surface area contributed by atoms with Crippen LogP contribution in [0.5, 0.6) is 5.75 Å². The Morgan fingerprint density at radius 3 is 2.65 bits per heavy atom. The second kappa shape index (κ2) is 11.1. The first-order valence-corrected chi connectivity index (χ1v) is 11.1. The van der Waals surface area contributed by atoms with Gasteiger partial charge in [0.25, 0.3) is 5.91 Å². The number of ether oxygens (including phenoxy) is 1. The minimum Gasteiger partial charge on any atom is -0.490 e. The number of amides is 2. The summed E-state index contributed by atoms with van der Waals surface area (Å²) in [4.78, 5) is 31.5. The van der Waals surface area contributed by atoms with Crippen molar-refractivity contribution in [3.8, 4) is 17.0 Å². The molecule has 2 N–H and O–H groups in total. The number of carbonyl (C=O) groups is 2. The van der Waals surface area contributed by atoms with Crippen LogP contribution in [0.15, 0.2) is 65.8 Å². The number of hydrogen-bond donors (Lipinski definition) is 2. The molecule has 0 aliphatic carbocycles. The Hall–Kier alpha value is -4.14. The molecule has 1 fully saturated rings. The molecule has 34 heavy (non-hydrogen) atoms. The number of aromatic amines is 1. The van der Waals surface area contributed by atoms with Gasteiger partial charge in [-0.3, -0.25) is 14.7 Å². The maximum Gasteiger partial charge on any atom is 0.272 e. The summed E-state index contributed by atoms with van der Waals surface area (Å²) >= 11 is 0. The van der Waals surface area contributed by atoms with Crippen LogP contribution in [-0.2, 0) is 9.63 Å². The van der Waals surface area contributed by atoms with Crippen LogP contribution in [0.3, 0.4) is 0 Å². The topological polar surface area (TPSA) is 109 Å². The number of aromatic nitrogens is 2. The molecule has 3 aromatic rings. The Morgan fingerprint density at radius 2 is 1.88 bits per heavy atom. The van der Waals surface area contributed by atoms with E-state index < -0.39 is 0 Å². The van der Waals surface area contributed by atoms with Gasteiger partial charge in [0.2, 0.25) is 5.91 Å². The minimum absolute atomic E-state index is 0.00352. The summed E-state index contributed by atoms with van der Waals surface area (Å²) in [6.07, 6.45) is 3.01. The van der Waals surface area contributed by atoms with Crippen molar-refractivity contribution in [2.75, 3.05) is 26.7 Å². The summed E-state index contributed by atoms with van der Waals surface area (Å²) in [6, 6.07) is 18.9. The summed E-state index contributed by atoms with van der Waals surface area (Å²) in [5, 5.41) is 13.4. The van der Waals surface area contributed by atoms with E-state index in [2.05, 4.69) is 20.7 Å². The van der Waals surface area contributed by atoms with Crippen molar-refractivity contribution >= 4 is 18.0 Å². The van der Waals surface area contributed by atoms with Crippen molar-refractivity contribution in [1.29, 1.82) is 0 Å². The number of likely N-dealkylation sites (tertiary alicyclic amines) is 1. The summed E-state index contributed by atoms with van der Waals surface area (Å²) in [5.74, 6) is 0.215. The van der Waals surface area contributed by atoms with Gasteiger partial charge in [0.05, 0.1) is 18.5 Å². The number of carbonyl (C=O) groups excluding carboxylic acids is 2. The van der Waals surface area contributed by atoms with Gasteiger partial charge in [-0.05, 0) is 23.8 Å². The van der Waals surface area contributed by atoms with Crippen LogP contribution in [-0.4, -0.2) is 66.0 Å². The first-order chi connectivity index (χ1) is 16.6. The standard InChI is InChI=1S/C25H27N5O4/c1-33-27-16-19-9-5-6-10-23(19)34-20-11-13-30(14-12-20)24(31)17-26-25(32)22-15-21(28-29-22)18-7-3-2-4-8-18/h2-10,15-16,20H,11-14,17H2,1H3,(H,26,32)(H,28,29). The molecular formula is C25H27N5O4. The van der Waals surface area contributed by atoms with E-state index in [1.165, 1.54) is 7.11 Å². The quantitative estimate of drug-likeness (QED) is 0.396. The molecule has 1 aromatic heterocycles. The highest BCUT2D eigenvalue weighted by molar-refractivity contribution is 5.95. The monoisotopic (exact) mass is 461 g/mol. The van der Waals surface area contributed by atoms with Crippen molar-refractivity contribution in [3.05, 3.63) is 71.9 Å². The normalized spacial score (nSPS) is 14.2. The molecule has 2 heterocycles. The maximum atomic E-state index is 12.6. The van der Waals surface area contributed by atoms with E-state index in [0.717, 1.165) is 22.6 Å². The van der Waals surface area contributed by atoms with E-state index in [9.17, 15) is 9.59 Å². The van der Waals surface area contributed by atoms with Crippen LogP contribution < -0.4 is 10.1 Å². The zero-order valence-corrected chi connectivity index (χ0v) is 18.9. The van der Waals surface area contributed by atoms with Gasteiger partial charge in [-0.25, -0.2) is 0 Å². The van der Waals surface area contributed by atoms with Crippen LogP contribution in [0.1, 0.15) is 28.9 Å². The van der Waals surface area contributed by atoms with Gasteiger partial charge in [0.15, 0.2) is 5.69 Å². The Balaban J connectivity index is 1.24. The zero-order chi connectivity index (χ0) is 23.8. The van der Waals surface area contributed by atoms with Gasteiger partial charge in [0, 0.05) is 31.5 Å². The summed E-state index contributed by atoms with van der Waals surface area (Å²) in [7, 11) is 1.49. The molecule has 9 nitrogen and oxygen atoms in total. The smallest absolute Gasteiger partial charge is 0.272 e. The minimum atomic E-state index is -0.390. The van der Waals surface area contributed by atoms with E-state index >= 15 is 0 Å². The molecule has 0 spiro atoms. The zero-order valence-electron chi connectivity index (χ0n) is 18.9. The highest BCUT2D eigenvalue weighted by atomic mass is 16.6. The number of rotatable bonds is 8. The fraction of sp³-hybridized carbons (Fsp3) is 0.280. The number of para-hydroxylation sites is 1. The van der Waals surface area contributed by atoms with Gasteiger partial charge in [-0.15, -0.1) is 0 Å². The van der Waals surface area contributed by atoms with Crippen molar-refractivity contribution in [3.63, 3.8) is 0 Å². The predicted molar refractivity (Wildman–Crippen MR) is 128 cm³/mol. The second-order valence-corrected chi connectivity index (χ2v) is 7.87. The lowest BCUT2D eigenvalue weighted by Crippen LogP contribution is -2.46. The second-order valence-electron chi connectivity index (χ2n) is 7.87. The van der Waals surface area contributed by atoms with Gasteiger partial charge in [-0.1, -0.05) is 47.6 Å². The molecule has 0 radical (unpaired) electrons. The molecule has 0 saturated carbocycles. The number of hydrogen-bond acceptors (Lipinski definition) is 6. The van der Waals surface area contributed by atoms with Crippen molar-refractivity contribution in [2.45, 2.75) is 18.9 Å². The summed E-state index contributed by atoms with van der Waals surface area (Å²) in [5.41, 5.74) is 2.76. The van der Waals surface area contributed by atoms with Crippen molar-refractivity contribution < 1.29 is 19.2 Å². The molecule has 176 valence electrons. The highest BCUT2D eigenvalue weighted by Crippen LogP contribution is 2.22. The average molecular weight is 462 g/mol. The Morgan fingerprint density at radius 1 is 1.15 bits per heavy atom. The van der Waals surface area contributed by atoms with Crippen LogP contribution in [0.2, 0.25) is 0 Å². The fourth-order valence-electron chi connectivity index (χ4n) is 3.77. The van der Waals surface area contributed by atoms with Gasteiger partial charge < -0.3 is 19.8 Å². The molecule has 0 atom stereocenters. The molecule has 1 saturated heterocycles. The number of nitrogens with one attached hydrogen (secondary N) is 2. The number of piperidine rings is 1. The molecule has 4 rings (SSSR count). The van der Waals surface area contributed by atoms with Gasteiger partial charge in [-0.2, -0.15) is 5.10 Å². The van der Waals surface area contributed by atoms with Crippen LogP contribution in [0, 0.1) is 0 Å².